The van der Waals surface area contributed by atoms with Crippen molar-refractivity contribution in [2.75, 3.05) is 13.1 Å². The summed E-state index contributed by atoms with van der Waals surface area (Å²) in [6.45, 7) is 4.71. The summed E-state index contributed by atoms with van der Waals surface area (Å²) in [5.74, 6) is -1.54. The van der Waals surface area contributed by atoms with Gasteiger partial charge in [-0.2, -0.15) is 0 Å². The molecule has 1 spiro atoms. The largest absolute Gasteiger partial charge is 0.481 e. The van der Waals surface area contributed by atoms with Gasteiger partial charge in [-0.25, -0.2) is 0 Å². The SMILES string of the molecule is Cc1ccsc1CN1CCC2(CC1)NC(=O)CC2C(=O)O. The lowest BCUT2D eigenvalue weighted by Gasteiger charge is -2.41. The van der Waals surface area contributed by atoms with Gasteiger partial charge in [-0.15, -0.1) is 11.3 Å². The van der Waals surface area contributed by atoms with Gasteiger partial charge in [-0.05, 0) is 36.8 Å². The lowest BCUT2D eigenvalue weighted by atomic mass is 9.78. The van der Waals surface area contributed by atoms with E-state index >= 15 is 0 Å². The molecule has 1 aromatic rings. The molecule has 2 saturated heterocycles. The molecule has 1 atom stereocenters. The first-order valence-electron chi connectivity index (χ1n) is 7.29. The molecule has 2 fully saturated rings. The van der Waals surface area contributed by atoms with E-state index in [-0.39, 0.29) is 12.3 Å². The first kappa shape index (κ1) is 14.5. The number of likely N-dealkylation sites (tertiary alicyclic amines) is 1. The maximum atomic E-state index is 11.6. The maximum absolute atomic E-state index is 11.6. The quantitative estimate of drug-likeness (QED) is 0.890. The zero-order chi connectivity index (χ0) is 15.0. The molecule has 6 heteroatoms. The second-order valence-corrected chi connectivity index (χ2v) is 7.10. The number of carbonyl (C=O) groups is 2. The smallest absolute Gasteiger partial charge is 0.309 e. The summed E-state index contributed by atoms with van der Waals surface area (Å²) in [6.07, 6.45) is 1.57. The van der Waals surface area contributed by atoms with Crippen molar-refractivity contribution in [1.29, 1.82) is 0 Å². The summed E-state index contributed by atoms with van der Waals surface area (Å²) in [6, 6.07) is 2.13. The third-order valence-electron chi connectivity index (χ3n) is 4.83. The van der Waals surface area contributed by atoms with Gasteiger partial charge in [0.05, 0.1) is 11.5 Å². The lowest BCUT2D eigenvalue weighted by Crippen LogP contribution is -2.55. The summed E-state index contributed by atoms with van der Waals surface area (Å²) in [7, 11) is 0. The molecule has 0 saturated carbocycles. The van der Waals surface area contributed by atoms with Crippen molar-refractivity contribution >= 4 is 23.2 Å². The van der Waals surface area contributed by atoms with Crippen LogP contribution in [0.2, 0.25) is 0 Å². The van der Waals surface area contributed by atoms with Crippen molar-refractivity contribution in [2.45, 2.75) is 38.3 Å². The number of nitrogens with one attached hydrogen (secondary N) is 1. The van der Waals surface area contributed by atoms with Gasteiger partial charge in [0.2, 0.25) is 5.91 Å². The van der Waals surface area contributed by atoms with E-state index in [2.05, 4.69) is 28.6 Å². The number of rotatable bonds is 3. The van der Waals surface area contributed by atoms with Crippen LogP contribution in [0.1, 0.15) is 29.7 Å². The van der Waals surface area contributed by atoms with Crippen LogP contribution in [0.5, 0.6) is 0 Å². The maximum Gasteiger partial charge on any atom is 0.309 e. The van der Waals surface area contributed by atoms with E-state index in [0.717, 1.165) is 32.5 Å². The van der Waals surface area contributed by atoms with Crippen LogP contribution in [-0.2, 0) is 16.1 Å². The van der Waals surface area contributed by atoms with E-state index in [0.29, 0.717) is 0 Å². The highest BCUT2D eigenvalue weighted by atomic mass is 32.1. The number of carboxylic acids is 1. The Balaban J connectivity index is 1.65. The van der Waals surface area contributed by atoms with Crippen LogP contribution in [0.25, 0.3) is 0 Å². The van der Waals surface area contributed by atoms with Gasteiger partial charge >= 0.3 is 5.97 Å². The first-order chi connectivity index (χ1) is 10.00. The van der Waals surface area contributed by atoms with Crippen LogP contribution < -0.4 is 5.32 Å². The molecule has 3 rings (SSSR count). The molecule has 1 unspecified atom stereocenters. The molecule has 0 aliphatic carbocycles. The molecule has 114 valence electrons. The number of aryl methyl sites for hydroxylation is 1. The molecular formula is C15H20N2O3S. The number of thiophene rings is 1. The van der Waals surface area contributed by atoms with Crippen molar-refractivity contribution in [3.8, 4) is 0 Å². The fraction of sp³-hybridized carbons (Fsp3) is 0.600. The van der Waals surface area contributed by atoms with Gasteiger partial charge in [0.1, 0.15) is 0 Å². The normalized spacial score (nSPS) is 25.2. The van der Waals surface area contributed by atoms with Gasteiger partial charge < -0.3 is 10.4 Å². The summed E-state index contributed by atoms with van der Waals surface area (Å²) >= 11 is 1.77. The molecule has 0 radical (unpaired) electrons. The van der Waals surface area contributed by atoms with E-state index in [1.165, 1.54) is 10.4 Å². The fourth-order valence-electron chi connectivity index (χ4n) is 3.47. The average molecular weight is 308 g/mol. The molecule has 2 aliphatic heterocycles. The van der Waals surface area contributed by atoms with Gasteiger partial charge in [0, 0.05) is 30.9 Å². The Hall–Kier alpha value is -1.40. The minimum Gasteiger partial charge on any atom is -0.481 e. The number of piperidine rings is 1. The third kappa shape index (κ3) is 2.70. The molecule has 3 heterocycles. The number of amides is 1. The number of hydrogen-bond donors (Lipinski definition) is 2. The Kier molecular flexibility index (Phi) is 3.75. The fourth-order valence-corrected chi connectivity index (χ4v) is 4.42. The number of carbonyl (C=O) groups excluding carboxylic acids is 1. The Morgan fingerprint density at radius 2 is 2.24 bits per heavy atom. The van der Waals surface area contributed by atoms with E-state index in [4.69, 9.17) is 0 Å². The topological polar surface area (TPSA) is 69.6 Å². The molecule has 1 aromatic heterocycles. The zero-order valence-electron chi connectivity index (χ0n) is 12.1. The molecule has 2 aliphatic rings. The van der Waals surface area contributed by atoms with Crippen LogP contribution >= 0.6 is 11.3 Å². The number of nitrogens with zero attached hydrogens (tertiary/aromatic N) is 1. The highest BCUT2D eigenvalue weighted by Gasteiger charge is 2.51. The van der Waals surface area contributed by atoms with Crippen LogP contribution in [0.3, 0.4) is 0 Å². The molecular weight excluding hydrogens is 288 g/mol. The Bertz CT molecular complexity index is 561. The molecule has 1 amide bonds. The summed E-state index contributed by atoms with van der Waals surface area (Å²) in [4.78, 5) is 26.8. The number of aliphatic carboxylic acids is 1. The van der Waals surface area contributed by atoms with E-state index in [1.807, 2.05) is 0 Å². The Morgan fingerprint density at radius 3 is 2.81 bits per heavy atom. The van der Waals surface area contributed by atoms with E-state index in [1.54, 1.807) is 11.3 Å². The third-order valence-corrected chi connectivity index (χ3v) is 5.83. The summed E-state index contributed by atoms with van der Waals surface area (Å²) in [5, 5.41) is 14.4. The average Bonchev–Trinajstić information content (AvgIpc) is 2.97. The highest BCUT2D eigenvalue weighted by Crippen LogP contribution is 2.37. The molecule has 21 heavy (non-hydrogen) atoms. The van der Waals surface area contributed by atoms with Crippen molar-refractivity contribution in [3.05, 3.63) is 21.9 Å². The van der Waals surface area contributed by atoms with Gasteiger partial charge in [0.15, 0.2) is 0 Å². The zero-order valence-corrected chi connectivity index (χ0v) is 12.9. The molecule has 0 aromatic carbocycles. The second kappa shape index (κ2) is 5.42. The predicted molar refractivity (Wildman–Crippen MR) is 80.2 cm³/mol. The van der Waals surface area contributed by atoms with Gasteiger partial charge in [0.25, 0.3) is 0 Å². The summed E-state index contributed by atoms with van der Waals surface area (Å²) < 4.78 is 0. The van der Waals surface area contributed by atoms with Gasteiger partial charge in [-0.3, -0.25) is 14.5 Å². The lowest BCUT2D eigenvalue weighted by molar-refractivity contribution is -0.144. The number of hydrogen-bond acceptors (Lipinski definition) is 4. The van der Waals surface area contributed by atoms with Crippen molar-refractivity contribution in [1.82, 2.24) is 10.2 Å². The van der Waals surface area contributed by atoms with E-state index in [9.17, 15) is 14.7 Å². The van der Waals surface area contributed by atoms with E-state index < -0.39 is 17.4 Å². The van der Waals surface area contributed by atoms with Gasteiger partial charge in [-0.1, -0.05) is 0 Å². The Morgan fingerprint density at radius 1 is 1.52 bits per heavy atom. The van der Waals surface area contributed by atoms with Crippen molar-refractivity contribution < 1.29 is 14.7 Å². The first-order valence-corrected chi connectivity index (χ1v) is 8.17. The monoisotopic (exact) mass is 308 g/mol. The second-order valence-electron chi connectivity index (χ2n) is 6.10. The van der Waals surface area contributed by atoms with Crippen molar-refractivity contribution in [3.63, 3.8) is 0 Å². The standard InChI is InChI=1S/C15H20N2O3S/c1-10-2-7-21-12(10)9-17-5-3-15(4-6-17)11(14(19)20)8-13(18)16-15/h2,7,11H,3-6,8-9H2,1H3,(H,16,18)(H,19,20). The van der Waals surface area contributed by atoms with Crippen LogP contribution in [-0.4, -0.2) is 40.5 Å². The Labute approximate surface area is 128 Å². The minimum absolute atomic E-state index is 0.120. The van der Waals surface area contributed by atoms with Crippen LogP contribution in [0.15, 0.2) is 11.4 Å². The summed E-state index contributed by atoms with van der Waals surface area (Å²) in [5.41, 5.74) is 0.794. The minimum atomic E-state index is -0.851. The molecule has 2 N–H and O–H groups in total. The predicted octanol–water partition coefficient (Wildman–Crippen LogP) is 1.61. The van der Waals surface area contributed by atoms with Crippen LogP contribution in [0, 0.1) is 12.8 Å². The van der Waals surface area contributed by atoms with Crippen LogP contribution in [0.4, 0.5) is 0 Å². The molecule has 0 bridgehead atoms. The number of carboxylic acid groups (broad SMARTS) is 1. The highest BCUT2D eigenvalue weighted by molar-refractivity contribution is 7.10. The molecule has 5 nitrogen and oxygen atoms in total. The van der Waals surface area contributed by atoms with Crippen molar-refractivity contribution in [2.24, 2.45) is 5.92 Å².